The number of hydrogen-bond donors (Lipinski definition) is 1. The highest BCUT2D eigenvalue weighted by Gasteiger charge is 2.33. The Labute approximate surface area is 118 Å². The number of methoxy groups -OCH3 is 1. The normalized spacial score (nSPS) is 18.2. The Morgan fingerprint density at radius 3 is 2.85 bits per heavy atom. The number of likely N-dealkylation sites (tertiary alicyclic amines) is 1. The predicted octanol–water partition coefficient (Wildman–Crippen LogP) is 1.45. The monoisotopic (exact) mass is 277 g/mol. The van der Waals surface area contributed by atoms with Gasteiger partial charge < -0.3 is 14.7 Å². The summed E-state index contributed by atoms with van der Waals surface area (Å²) in [5.74, 6) is -1.03. The van der Waals surface area contributed by atoms with Crippen LogP contribution in [0.25, 0.3) is 0 Å². The van der Waals surface area contributed by atoms with Gasteiger partial charge in [0.25, 0.3) is 0 Å². The molecule has 0 aromatic heterocycles. The van der Waals surface area contributed by atoms with Gasteiger partial charge in [0.05, 0.1) is 13.0 Å². The van der Waals surface area contributed by atoms with Crippen molar-refractivity contribution in [3.63, 3.8) is 0 Å². The Balaban J connectivity index is 2.04. The van der Waals surface area contributed by atoms with Crippen molar-refractivity contribution < 1.29 is 19.4 Å². The molecule has 0 saturated carbocycles. The number of carbonyl (C=O) groups is 2. The molecule has 5 heteroatoms. The summed E-state index contributed by atoms with van der Waals surface area (Å²) < 4.78 is 5.06. The van der Waals surface area contributed by atoms with E-state index in [0.29, 0.717) is 19.6 Å². The fourth-order valence-electron chi connectivity index (χ4n) is 2.59. The third-order valence-electron chi connectivity index (χ3n) is 3.52. The molecule has 0 radical (unpaired) electrons. The van der Waals surface area contributed by atoms with Gasteiger partial charge in [-0.25, -0.2) is 4.79 Å². The summed E-state index contributed by atoms with van der Waals surface area (Å²) in [4.78, 5) is 24.8. The van der Waals surface area contributed by atoms with E-state index < -0.39 is 12.0 Å². The molecule has 2 rings (SSSR count). The fraction of sp³-hybridized carbons (Fsp3) is 0.467. The summed E-state index contributed by atoms with van der Waals surface area (Å²) in [6.45, 7) is 1.04. The number of benzene rings is 1. The lowest BCUT2D eigenvalue weighted by molar-refractivity contribution is -0.148. The van der Waals surface area contributed by atoms with Crippen molar-refractivity contribution in [1.82, 2.24) is 4.90 Å². The highest BCUT2D eigenvalue weighted by Crippen LogP contribution is 2.19. The van der Waals surface area contributed by atoms with E-state index in [1.807, 2.05) is 24.3 Å². The van der Waals surface area contributed by atoms with Gasteiger partial charge >= 0.3 is 5.97 Å². The van der Waals surface area contributed by atoms with E-state index in [1.165, 1.54) is 4.90 Å². The van der Waals surface area contributed by atoms with Gasteiger partial charge in [-0.15, -0.1) is 0 Å². The van der Waals surface area contributed by atoms with E-state index in [9.17, 15) is 9.59 Å². The van der Waals surface area contributed by atoms with Crippen LogP contribution in [-0.4, -0.2) is 41.6 Å². The number of rotatable bonds is 5. The smallest absolute Gasteiger partial charge is 0.326 e. The molecule has 1 aliphatic heterocycles. The molecule has 20 heavy (non-hydrogen) atoms. The van der Waals surface area contributed by atoms with Crippen molar-refractivity contribution in [3.05, 3.63) is 35.4 Å². The summed E-state index contributed by atoms with van der Waals surface area (Å²) in [5, 5.41) is 9.10. The van der Waals surface area contributed by atoms with Gasteiger partial charge in [-0.1, -0.05) is 24.3 Å². The molecule has 1 amide bonds. The molecule has 1 aromatic carbocycles. The second-order valence-corrected chi connectivity index (χ2v) is 5.01. The summed E-state index contributed by atoms with van der Waals surface area (Å²) in [6, 6.07) is 6.96. The predicted molar refractivity (Wildman–Crippen MR) is 73.2 cm³/mol. The summed E-state index contributed by atoms with van der Waals surface area (Å²) in [7, 11) is 1.62. The quantitative estimate of drug-likeness (QED) is 0.884. The maximum absolute atomic E-state index is 12.2. The van der Waals surface area contributed by atoms with Gasteiger partial charge in [0.1, 0.15) is 6.04 Å². The minimum atomic E-state index is -0.913. The van der Waals surface area contributed by atoms with E-state index in [4.69, 9.17) is 9.84 Å². The SMILES string of the molecule is COCc1cccc(CC(=O)N2CCCC2C(=O)O)c1. The van der Waals surface area contributed by atoms with Crippen LogP contribution in [0.2, 0.25) is 0 Å². The van der Waals surface area contributed by atoms with E-state index in [0.717, 1.165) is 17.5 Å². The zero-order valence-corrected chi connectivity index (χ0v) is 11.5. The summed E-state index contributed by atoms with van der Waals surface area (Å²) in [6.07, 6.45) is 1.54. The van der Waals surface area contributed by atoms with E-state index in [-0.39, 0.29) is 12.3 Å². The van der Waals surface area contributed by atoms with Crippen LogP contribution in [0.1, 0.15) is 24.0 Å². The minimum Gasteiger partial charge on any atom is -0.480 e. The molecule has 1 unspecified atom stereocenters. The highest BCUT2D eigenvalue weighted by molar-refractivity contribution is 5.85. The molecule has 1 aliphatic rings. The number of ether oxygens (including phenoxy) is 1. The van der Waals surface area contributed by atoms with Crippen LogP contribution < -0.4 is 0 Å². The maximum atomic E-state index is 12.2. The number of carboxylic acid groups (broad SMARTS) is 1. The van der Waals surface area contributed by atoms with Gasteiger partial charge in [-0.2, -0.15) is 0 Å². The molecule has 0 spiro atoms. The molecular weight excluding hydrogens is 258 g/mol. The van der Waals surface area contributed by atoms with E-state index in [1.54, 1.807) is 7.11 Å². The van der Waals surface area contributed by atoms with Crippen LogP contribution in [0, 0.1) is 0 Å². The fourth-order valence-corrected chi connectivity index (χ4v) is 2.59. The Morgan fingerprint density at radius 2 is 2.15 bits per heavy atom. The van der Waals surface area contributed by atoms with E-state index >= 15 is 0 Å². The number of hydrogen-bond acceptors (Lipinski definition) is 3. The van der Waals surface area contributed by atoms with Gasteiger partial charge in [0.2, 0.25) is 5.91 Å². The van der Waals surface area contributed by atoms with E-state index in [2.05, 4.69) is 0 Å². The van der Waals surface area contributed by atoms with Crippen LogP contribution >= 0.6 is 0 Å². The third kappa shape index (κ3) is 3.36. The highest BCUT2D eigenvalue weighted by atomic mass is 16.5. The van der Waals surface area contributed by atoms with Crippen molar-refractivity contribution in [2.45, 2.75) is 31.9 Å². The topological polar surface area (TPSA) is 66.8 Å². The van der Waals surface area contributed by atoms with Gasteiger partial charge in [-0.05, 0) is 24.0 Å². The molecule has 0 bridgehead atoms. The molecule has 1 saturated heterocycles. The molecule has 0 aliphatic carbocycles. The zero-order chi connectivity index (χ0) is 14.5. The first kappa shape index (κ1) is 14.5. The van der Waals surface area contributed by atoms with Crippen LogP contribution in [0.4, 0.5) is 0 Å². The number of carboxylic acids is 1. The van der Waals surface area contributed by atoms with Crippen LogP contribution in [0.3, 0.4) is 0 Å². The standard InChI is InChI=1S/C15H19NO4/c1-20-10-12-5-2-4-11(8-12)9-14(17)16-7-3-6-13(16)15(18)19/h2,4-5,8,13H,3,6-7,9-10H2,1H3,(H,18,19). The molecule has 1 aromatic rings. The Kier molecular flexibility index (Phi) is 4.74. The van der Waals surface area contributed by atoms with Crippen LogP contribution in [0.15, 0.2) is 24.3 Å². The lowest BCUT2D eigenvalue weighted by Gasteiger charge is -2.21. The van der Waals surface area contributed by atoms with Crippen molar-refractivity contribution in [2.75, 3.05) is 13.7 Å². The molecule has 1 atom stereocenters. The van der Waals surface area contributed by atoms with Gasteiger partial charge in [0, 0.05) is 13.7 Å². The molecule has 1 heterocycles. The van der Waals surface area contributed by atoms with Crippen molar-refractivity contribution in [3.8, 4) is 0 Å². The summed E-state index contributed by atoms with van der Waals surface area (Å²) in [5.41, 5.74) is 1.90. The molecule has 1 N–H and O–H groups in total. The number of aliphatic carboxylic acids is 1. The number of carbonyl (C=O) groups excluding carboxylic acids is 1. The largest absolute Gasteiger partial charge is 0.480 e. The minimum absolute atomic E-state index is 0.121. The Bertz CT molecular complexity index is 500. The Morgan fingerprint density at radius 1 is 1.40 bits per heavy atom. The first-order valence-electron chi connectivity index (χ1n) is 6.71. The van der Waals surface area contributed by atoms with Gasteiger partial charge in [-0.3, -0.25) is 4.79 Å². The second kappa shape index (κ2) is 6.52. The van der Waals surface area contributed by atoms with Crippen molar-refractivity contribution in [1.29, 1.82) is 0 Å². The lowest BCUT2D eigenvalue weighted by Crippen LogP contribution is -2.41. The first-order valence-corrected chi connectivity index (χ1v) is 6.71. The van der Waals surface area contributed by atoms with Crippen LogP contribution in [-0.2, 0) is 27.4 Å². The number of amides is 1. The lowest BCUT2D eigenvalue weighted by atomic mass is 10.1. The van der Waals surface area contributed by atoms with Gasteiger partial charge in [0.15, 0.2) is 0 Å². The summed E-state index contributed by atoms with van der Waals surface area (Å²) >= 11 is 0. The van der Waals surface area contributed by atoms with Crippen molar-refractivity contribution >= 4 is 11.9 Å². The molecule has 1 fully saturated rings. The zero-order valence-electron chi connectivity index (χ0n) is 11.5. The first-order chi connectivity index (χ1) is 9.61. The average molecular weight is 277 g/mol. The number of nitrogens with zero attached hydrogens (tertiary/aromatic N) is 1. The second-order valence-electron chi connectivity index (χ2n) is 5.01. The van der Waals surface area contributed by atoms with Crippen molar-refractivity contribution in [2.24, 2.45) is 0 Å². The third-order valence-corrected chi connectivity index (χ3v) is 3.52. The molecule has 5 nitrogen and oxygen atoms in total. The van der Waals surface area contributed by atoms with Crippen LogP contribution in [0.5, 0.6) is 0 Å². The molecular formula is C15H19NO4. The maximum Gasteiger partial charge on any atom is 0.326 e. The Hall–Kier alpha value is -1.88. The molecule has 108 valence electrons. The average Bonchev–Trinajstić information content (AvgIpc) is 2.89.